The molecule has 1 aliphatic rings. The molecule has 1 aliphatic heterocycles. The van der Waals surface area contributed by atoms with Crippen molar-refractivity contribution in [3.05, 3.63) is 27.1 Å². The van der Waals surface area contributed by atoms with Crippen LogP contribution in [0.4, 0.5) is 0 Å². The van der Waals surface area contributed by atoms with E-state index in [9.17, 15) is 13.2 Å². The van der Waals surface area contributed by atoms with Crippen molar-refractivity contribution in [2.75, 3.05) is 18.1 Å². The van der Waals surface area contributed by atoms with Gasteiger partial charge in [-0.3, -0.25) is 4.79 Å². The summed E-state index contributed by atoms with van der Waals surface area (Å²) in [6.07, 6.45) is 0.434. The predicted octanol–water partition coefficient (Wildman–Crippen LogP) is 2.28. The fourth-order valence-electron chi connectivity index (χ4n) is 2.22. The summed E-state index contributed by atoms with van der Waals surface area (Å²) in [5.41, 5.74) is -0.698. The molecule has 1 amide bonds. The molecule has 0 bridgehead atoms. The van der Waals surface area contributed by atoms with Gasteiger partial charge in [0.2, 0.25) is 0 Å². The second-order valence-electron chi connectivity index (χ2n) is 5.31. The molecule has 21 heavy (non-hydrogen) atoms. The summed E-state index contributed by atoms with van der Waals surface area (Å²) in [5, 5.41) is 2.74. The number of nitrogens with one attached hydrogen (secondary N) is 1. The van der Waals surface area contributed by atoms with E-state index in [2.05, 4.69) is 37.2 Å². The molecule has 1 aromatic carbocycles. The van der Waals surface area contributed by atoms with Crippen molar-refractivity contribution in [2.45, 2.75) is 18.9 Å². The largest absolute Gasteiger partial charge is 0.483 e. The van der Waals surface area contributed by atoms with Gasteiger partial charge in [0.25, 0.3) is 5.91 Å². The van der Waals surface area contributed by atoms with Crippen LogP contribution in [0.25, 0.3) is 0 Å². The van der Waals surface area contributed by atoms with Gasteiger partial charge in [0.1, 0.15) is 5.75 Å². The average Bonchev–Trinajstić information content (AvgIpc) is 2.62. The van der Waals surface area contributed by atoms with E-state index in [0.717, 1.165) is 8.95 Å². The summed E-state index contributed by atoms with van der Waals surface area (Å²) >= 11 is 6.68. The van der Waals surface area contributed by atoms with E-state index in [1.54, 1.807) is 13.0 Å². The molecular formula is C13H15Br2NO4S. The maximum absolute atomic E-state index is 11.9. The average molecular weight is 441 g/mol. The molecule has 1 aromatic rings. The Bertz CT molecular complexity index is 662. The molecule has 1 fully saturated rings. The van der Waals surface area contributed by atoms with Gasteiger partial charge in [-0.05, 0) is 47.5 Å². The van der Waals surface area contributed by atoms with Gasteiger partial charge >= 0.3 is 0 Å². The quantitative estimate of drug-likeness (QED) is 0.779. The van der Waals surface area contributed by atoms with Crippen LogP contribution in [0.3, 0.4) is 0 Å². The Balaban J connectivity index is 1.91. The van der Waals surface area contributed by atoms with Gasteiger partial charge in [0.15, 0.2) is 16.4 Å². The van der Waals surface area contributed by atoms with Crippen LogP contribution in [0.15, 0.2) is 27.1 Å². The number of ether oxygens (including phenoxy) is 1. The molecule has 2 rings (SSSR count). The predicted molar refractivity (Wildman–Crippen MR) is 87.2 cm³/mol. The van der Waals surface area contributed by atoms with Gasteiger partial charge in [-0.1, -0.05) is 15.9 Å². The zero-order valence-electron chi connectivity index (χ0n) is 11.4. The molecule has 0 spiro atoms. The molecule has 5 nitrogen and oxygen atoms in total. The third-order valence-electron chi connectivity index (χ3n) is 3.20. The number of benzene rings is 1. The highest BCUT2D eigenvalue weighted by Gasteiger charge is 2.39. The highest BCUT2D eigenvalue weighted by molar-refractivity contribution is 9.11. The SMILES string of the molecule is CC1(NC(=O)COc2ccc(Br)cc2Br)CCS(=O)(=O)C1. The Morgan fingerprint density at radius 2 is 2.14 bits per heavy atom. The second-order valence-corrected chi connectivity index (χ2v) is 9.27. The third kappa shape index (κ3) is 4.69. The Morgan fingerprint density at radius 3 is 2.71 bits per heavy atom. The van der Waals surface area contributed by atoms with Gasteiger partial charge in [0.05, 0.1) is 21.5 Å². The summed E-state index contributed by atoms with van der Waals surface area (Å²) in [5.74, 6) is 0.318. The van der Waals surface area contributed by atoms with E-state index < -0.39 is 15.4 Å². The Kier molecular flexibility index (Phi) is 4.99. The molecular weight excluding hydrogens is 426 g/mol. The summed E-state index contributed by atoms with van der Waals surface area (Å²) in [4.78, 5) is 11.9. The zero-order chi connectivity index (χ0) is 15.7. The topological polar surface area (TPSA) is 72.5 Å². The van der Waals surface area contributed by atoms with Crippen molar-refractivity contribution < 1.29 is 17.9 Å². The highest BCUT2D eigenvalue weighted by atomic mass is 79.9. The fraction of sp³-hybridized carbons (Fsp3) is 0.462. The minimum Gasteiger partial charge on any atom is -0.483 e. The van der Waals surface area contributed by atoms with Crippen LogP contribution >= 0.6 is 31.9 Å². The molecule has 0 aliphatic carbocycles. The Hall–Kier alpha value is -0.600. The second kappa shape index (κ2) is 6.26. The van der Waals surface area contributed by atoms with Crippen molar-refractivity contribution in [3.63, 3.8) is 0 Å². The zero-order valence-corrected chi connectivity index (χ0v) is 15.3. The number of sulfone groups is 1. The monoisotopic (exact) mass is 439 g/mol. The van der Waals surface area contributed by atoms with E-state index in [-0.39, 0.29) is 24.0 Å². The van der Waals surface area contributed by atoms with Crippen LogP contribution in [0, 0.1) is 0 Å². The normalized spacial score (nSPS) is 23.8. The van der Waals surface area contributed by atoms with Crippen molar-refractivity contribution in [1.82, 2.24) is 5.32 Å². The summed E-state index contributed by atoms with van der Waals surface area (Å²) in [6, 6.07) is 5.37. The number of carbonyl (C=O) groups excluding carboxylic acids is 1. The summed E-state index contributed by atoms with van der Waals surface area (Å²) in [7, 11) is -3.05. The lowest BCUT2D eigenvalue weighted by molar-refractivity contribution is -0.124. The van der Waals surface area contributed by atoms with E-state index in [4.69, 9.17) is 4.74 Å². The number of rotatable bonds is 4. The van der Waals surface area contributed by atoms with Crippen LogP contribution in [-0.2, 0) is 14.6 Å². The standard InChI is InChI=1S/C13H15Br2NO4S/c1-13(4-5-21(18,19)8-13)16-12(17)7-20-11-3-2-9(14)6-10(11)15/h2-3,6H,4-5,7-8H2,1H3,(H,16,17). The van der Waals surface area contributed by atoms with Crippen molar-refractivity contribution in [2.24, 2.45) is 0 Å². The highest BCUT2D eigenvalue weighted by Crippen LogP contribution is 2.28. The van der Waals surface area contributed by atoms with Crippen LogP contribution in [0.1, 0.15) is 13.3 Å². The van der Waals surface area contributed by atoms with E-state index in [1.165, 1.54) is 0 Å². The van der Waals surface area contributed by atoms with Crippen LogP contribution in [0.5, 0.6) is 5.75 Å². The molecule has 116 valence electrons. The lowest BCUT2D eigenvalue weighted by Crippen LogP contribution is -2.48. The fourth-order valence-corrected chi connectivity index (χ4v) is 5.47. The minimum absolute atomic E-state index is 0.0201. The molecule has 0 radical (unpaired) electrons. The Morgan fingerprint density at radius 1 is 1.43 bits per heavy atom. The third-order valence-corrected chi connectivity index (χ3v) is 6.21. The van der Waals surface area contributed by atoms with E-state index >= 15 is 0 Å². The molecule has 1 N–H and O–H groups in total. The van der Waals surface area contributed by atoms with Crippen LogP contribution in [0.2, 0.25) is 0 Å². The smallest absolute Gasteiger partial charge is 0.258 e. The minimum atomic E-state index is -3.05. The van der Waals surface area contributed by atoms with E-state index in [1.807, 2.05) is 12.1 Å². The molecule has 1 heterocycles. The van der Waals surface area contributed by atoms with Crippen molar-refractivity contribution in [3.8, 4) is 5.75 Å². The first kappa shape index (κ1) is 16.8. The van der Waals surface area contributed by atoms with Gasteiger partial charge < -0.3 is 10.1 Å². The first-order chi connectivity index (χ1) is 9.69. The lowest BCUT2D eigenvalue weighted by Gasteiger charge is -2.23. The molecule has 8 heteroatoms. The maximum atomic E-state index is 11.9. The van der Waals surface area contributed by atoms with Gasteiger partial charge in [0, 0.05) is 4.47 Å². The van der Waals surface area contributed by atoms with Crippen molar-refractivity contribution >= 4 is 47.6 Å². The molecule has 1 saturated heterocycles. The number of amides is 1. The number of halogens is 2. The van der Waals surface area contributed by atoms with Crippen molar-refractivity contribution in [1.29, 1.82) is 0 Å². The number of hydrogen-bond donors (Lipinski definition) is 1. The Labute approximate surface area is 140 Å². The molecule has 0 aromatic heterocycles. The van der Waals surface area contributed by atoms with Gasteiger partial charge in [-0.25, -0.2) is 8.42 Å². The van der Waals surface area contributed by atoms with Gasteiger partial charge in [-0.2, -0.15) is 0 Å². The van der Waals surface area contributed by atoms with Gasteiger partial charge in [-0.15, -0.1) is 0 Å². The maximum Gasteiger partial charge on any atom is 0.258 e. The first-order valence-electron chi connectivity index (χ1n) is 6.28. The molecule has 1 unspecified atom stereocenters. The summed E-state index contributed by atoms with van der Waals surface area (Å²) in [6.45, 7) is 1.58. The first-order valence-corrected chi connectivity index (χ1v) is 9.69. The number of carbonyl (C=O) groups is 1. The van der Waals surface area contributed by atoms with Crippen LogP contribution < -0.4 is 10.1 Å². The van der Waals surface area contributed by atoms with Crippen LogP contribution in [-0.4, -0.2) is 38.0 Å². The summed E-state index contributed by atoms with van der Waals surface area (Å²) < 4.78 is 30.0. The molecule has 0 saturated carbocycles. The number of hydrogen-bond acceptors (Lipinski definition) is 4. The molecule has 1 atom stereocenters. The van der Waals surface area contributed by atoms with E-state index in [0.29, 0.717) is 12.2 Å². The lowest BCUT2D eigenvalue weighted by atomic mass is 10.0.